The largest absolute Gasteiger partial charge is 0.325 e. The fourth-order valence-corrected chi connectivity index (χ4v) is 2.65. The number of hydrogen-bond acceptors (Lipinski definition) is 2. The van der Waals surface area contributed by atoms with Crippen LogP contribution in [-0.2, 0) is 13.1 Å². The minimum absolute atomic E-state index is 0.472. The minimum Gasteiger partial charge on any atom is -0.325 e. The second kappa shape index (κ2) is 5.70. The molecule has 0 aliphatic rings. The molecule has 3 heteroatoms. The van der Waals surface area contributed by atoms with Crippen LogP contribution in [0, 0.1) is 0 Å². The molecule has 3 aromatic rings. The van der Waals surface area contributed by atoms with E-state index in [0.29, 0.717) is 12.5 Å². The van der Waals surface area contributed by atoms with Gasteiger partial charge in [0.2, 0.25) is 0 Å². The first-order valence-electron chi connectivity index (χ1n) is 7.42. The molecule has 0 atom stereocenters. The van der Waals surface area contributed by atoms with Gasteiger partial charge in [0.1, 0.15) is 0 Å². The second-order valence-corrected chi connectivity index (χ2v) is 5.72. The fourth-order valence-electron chi connectivity index (χ4n) is 2.65. The van der Waals surface area contributed by atoms with Crippen molar-refractivity contribution in [2.45, 2.75) is 32.9 Å². The molecule has 0 saturated heterocycles. The van der Waals surface area contributed by atoms with Gasteiger partial charge in [-0.05, 0) is 23.1 Å². The summed E-state index contributed by atoms with van der Waals surface area (Å²) in [5.41, 5.74) is 10.5. The molecular formula is C18H21N3. The zero-order valence-electron chi connectivity index (χ0n) is 12.6. The van der Waals surface area contributed by atoms with E-state index < -0.39 is 0 Å². The smallest absolute Gasteiger partial charge is 0.0839 e. The van der Waals surface area contributed by atoms with Crippen LogP contribution >= 0.6 is 0 Å². The van der Waals surface area contributed by atoms with Crippen molar-refractivity contribution in [1.29, 1.82) is 0 Å². The number of fused-ring (bicyclic) bond motifs is 1. The van der Waals surface area contributed by atoms with Crippen LogP contribution in [0.4, 0.5) is 0 Å². The van der Waals surface area contributed by atoms with Crippen molar-refractivity contribution in [3.05, 3.63) is 65.4 Å². The molecule has 0 spiro atoms. The van der Waals surface area contributed by atoms with Crippen LogP contribution in [0.3, 0.4) is 0 Å². The van der Waals surface area contributed by atoms with Crippen molar-refractivity contribution in [2.75, 3.05) is 0 Å². The van der Waals surface area contributed by atoms with Gasteiger partial charge in [-0.15, -0.1) is 0 Å². The first kappa shape index (κ1) is 13.8. The average Bonchev–Trinajstić information content (AvgIpc) is 2.86. The third-order valence-corrected chi connectivity index (χ3v) is 3.91. The number of hydrogen-bond donors (Lipinski definition) is 1. The van der Waals surface area contributed by atoms with Gasteiger partial charge in [0.05, 0.1) is 17.8 Å². The quantitative estimate of drug-likeness (QED) is 0.792. The van der Waals surface area contributed by atoms with E-state index in [1.807, 2.05) is 16.8 Å². The zero-order chi connectivity index (χ0) is 14.8. The summed E-state index contributed by atoms with van der Waals surface area (Å²) in [6.07, 6.45) is 0. The summed E-state index contributed by atoms with van der Waals surface area (Å²) in [7, 11) is 0. The highest BCUT2D eigenvalue weighted by Gasteiger charge is 2.09. The first-order chi connectivity index (χ1) is 10.2. The Hall–Kier alpha value is -2.13. The Kier molecular flexibility index (Phi) is 3.76. The lowest BCUT2D eigenvalue weighted by Gasteiger charge is -2.08. The Morgan fingerprint density at radius 3 is 2.43 bits per heavy atom. The zero-order valence-corrected chi connectivity index (χ0v) is 12.6. The molecule has 2 aromatic carbocycles. The van der Waals surface area contributed by atoms with E-state index in [9.17, 15) is 0 Å². The van der Waals surface area contributed by atoms with E-state index in [2.05, 4.69) is 55.3 Å². The van der Waals surface area contributed by atoms with Crippen molar-refractivity contribution < 1.29 is 0 Å². The number of rotatable bonds is 4. The molecule has 3 nitrogen and oxygen atoms in total. The molecule has 108 valence electrons. The summed E-state index contributed by atoms with van der Waals surface area (Å²) in [5, 5.41) is 5.80. The van der Waals surface area contributed by atoms with Gasteiger partial charge in [-0.2, -0.15) is 5.10 Å². The van der Waals surface area contributed by atoms with Crippen molar-refractivity contribution in [1.82, 2.24) is 9.78 Å². The van der Waals surface area contributed by atoms with Gasteiger partial charge in [0.15, 0.2) is 0 Å². The van der Waals surface area contributed by atoms with Crippen LogP contribution in [0.1, 0.15) is 36.6 Å². The Labute approximate surface area is 125 Å². The fraction of sp³-hybridized carbons (Fsp3) is 0.278. The van der Waals surface area contributed by atoms with E-state index in [1.54, 1.807) is 0 Å². The third kappa shape index (κ3) is 2.69. The van der Waals surface area contributed by atoms with Crippen LogP contribution < -0.4 is 5.73 Å². The van der Waals surface area contributed by atoms with Gasteiger partial charge >= 0.3 is 0 Å². The van der Waals surface area contributed by atoms with Crippen molar-refractivity contribution >= 4 is 10.9 Å². The van der Waals surface area contributed by atoms with E-state index >= 15 is 0 Å². The monoisotopic (exact) mass is 279 g/mol. The molecule has 1 heterocycles. The van der Waals surface area contributed by atoms with E-state index in [1.165, 1.54) is 11.1 Å². The van der Waals surface area contributed by atoms with Crippen LogP contribution in [-0.4, -0.2) is 9.78 Å². The minimum atomic E-state index is 0.472. The van der Waals surface area contributed by atoms with Crippen LogP contribution in [0.2, 0.25) is 0 Å². The highest BCUT2D eigenvalue weighted by atomic mass is 15.3. The molecule has 1 aromatic heterocycles. The van der Waals surface area contributed by atoms with Gasteiger partial charge in [0.25, 0.3) is 0 Å². The number of benzene rings is 2. The Morgan fingerprint density at radius 2 is 1.76 bits per heavy atom. The number of nitrogens with two attached hydrogens (primary N) is 1. The maximum absolute atomic E-state index is 5.80. The molecular weight excluding hydrogens is 258 g/mol. The van der Waals surface area contributed by atoms with E-state index in [4.69, 9.17) is 5.73 Å². The number of nitrogens with zero attached hydrogens (tertiary/aromatic N) is 2. The summed E-state index contributed by atoms with van der Waals surface area (Å²) in [5.74, 6) is 0.563. The Balaban J connectivity index is 1.94. The predicted molar refractivity (Wildman–Crippen MR) is 87.3 cm³/mol. The molecule has 0 amide bonds. The van der Waals surface area contributed by atoms with Gasteiger partial charge in [-0.3, -0.25) is 4.68 Å². The molecule has 0 aliphatic heterocycles. The topological polar surface area (TPSA) is 43.8 Å². The second-order valence-electron chi connectivity index (χ2n) is 5.72. The third-order valence-electron chi connectivity index (χ3n) is 3.91. The Morgan fingerprint density at radius 1 is 1.05 bits per heavy atom. The van der Waals surface area contributed by atoms with Gasteiger partial charge in [-0.25, -0.2) is 0 Å². The molecule has 0 fully saturated rings. The summed E-state index contributed by atoms with van der Waals surface area (Å²) < 4.78 is 2.04. The average molecular weight is 279 g/mol. The number of aromatic nitrogens is 2. The molecule has 0 radical (unpaired) electrons. The first-order valence-corrected chi connectivity index (χ1v) is 7.42. The van der Waals surface area contributed by atoms with Crippen molar-refractivity contribution in [2.24, 2.45) is 5.73 Å². The summed E-state index contributed by atoms with van der Waals surface area (Å²) >= 11 is 0. The van der Waals surface area contributed by atoms with Crippen LogP contribution in [0.25, 0.3) is 10.9 Å². The molecule has 21 heavy (non-hydrogen) atoms. The highest BCUT2D eigenvalue weighted by molar-refractivity contribution is 5.82. The summed E-state index contributed by atoms with van der Waals surface area (Å²) in [6.45, 7) is 5.67. The predicted octanol–water partition coefficient (Wildman–Crippen LogP) is 3.67. The molecule has 3 rings (SSSR count). The van der Waals surface area contributed by atoms with Crippen molar-refractivity contribution in [3.8, 4) is 0 Å². The lowest BCUT2D eigenvalue weighted by molar-refractivity contribution is 0.693. The molecule has 0 bridgehead atoms. The molecule has 2 N–H and O–H groups in total. The maximum atomic E-state index is 5.80. The van der Waals surface area contributed by atoms with E-state index in [-0.39, 0.29) is 0 Å². The summed E-state index contributed by atoms with van der Waals surface area (Å²) in [6, 6.07) is 17.0. The van der Waals surface area contributed by atoms with Gasteiger partial charge in [-0.1, -0.05) is 56.3 Å². The lowest BCUT2D eigenvalue weighted by atomic mass is 10.0. The highest BCUT2D eigenvalue weighted by Crippen LogP contribution is 2.20. The van der Waals surface area contributed by atoms with E-state index in [0.717, 1.165) is 23.1 Å². The van der Waals surface area contributed by atoms with Crippen molar-refractivity contribution in [3.63, 3.8) is 0 Å². The van der Waals surface area contributed by atoms with Crippen LogP contribution in [0.15, 0.2) is 48.5 Å². The van der Waals surface area contributed by atoms with Gasteiger partial charge < -0.3 is 5.73 Å². The van der Waals surface area contributed by atoms with Crippen LogP contribution in [0.5, 0.6) is 0 Å². The molecule has 0 unspecified atom stereocenters. The summed E-state index contributed by atoms with van der Waals surface area (Å²) in [4.78, 5) is 0. The molecule has 0 aliphatic carbocycles. The lowest BCUT2D eigenvalue weighted by Crippen LogP contribution is -2.04. The standard InChI is InChI=1S/C18H21N3/c1-13(2)15-9-7-14(8-10-15)12-21-18-6-4-3-5-16(18)17(11-19)20-21/h3-10,13H,11-12,19H2,1-2H3. The molecule has 0 saturated carbocycles. The van der Waals surface area contributed by atoms with Gasteiger partial charge in [0, 0.05) is 11.9 Å². The SMILES string of the molecule is CC(C)c1ccc(Cn2nc(CN)c3ccccc32)cc1. The maximum Gasteiger partial charge on any atom is 0.0839 e. The Bertz CT molecular complexity index is 739. The number of para-hydroxylation sites is 1. The normalized spacial score (nSPS) is 11.4.